The first-order valence-corrected chi connectivity index (χ1v) is 7.35. The minimum Gasteiger partial charge on any atom is -0.344 e. The first kappa shape index (κ1) is 18.1. The number of carbonyl (C=O) groups is 2. The van der Waals surface area contributed by atoms with E-state index in [1.165, 1.54) is 12.1 Å². The number of hydrogen-bond donors (Lipinski definition) is 3. The van der Waals surface area contributed by atoms with Gasteiger partial charge in [0, 0.05) is 6.54 Å². The maximum Gasteiger partial charge on any atom is 0.471 e. The minimum atomic E-state index is -4.92. The SMILES string of the molecule is NCC(=O)NS(=O)Cc1ccc(CNC(=O)C(F)(F)F)cc1. The number of hydrogen-bond acceptors (Lipinski definition) is 4. The minimum absolute atomic E-state index is 0.0426. The number of halogens is 3. The van der Waals surface area contributed by atoms with Crippen molar-refractivity contribution >= 4 is 22.8 Å². The smallest absolute Gasteiger partial charge is 0.344 e. The average Bonchev–Trinajstić information content (AvgIpc) is 2.44. The molecule has 0 aliphatic heterocycles. The number of benzene rings is 1. The summed E-state index contributed by atoms with van der Waals surface area (Å²) >= 11 is 0. The van der Waals surface area contributed by atoms with Gasteiger partial charge in [-0.1, -0.05) is 24.3 Å². The van der Waals surface area contributed by atoms with Gasteiger partial charge < -0.3 is 11.1 Å². The fourth-order valence-electron chi connectivity index (χ4n) is 1.39. The van der Waals surface area contributed by atoms with Crippen LogP contribution in [0.25, 0.3) is 0 Å². The van der Waals surface area contributed by atoms with Crippen molar-refractivity contribution in [2.45, 2.75) is 18.5 Å². The van der Waals surface area contributed by atoms with Gasteiger partial charge in [-0.3, -0.25) is 14.3 Å². The topological polar surface area (TPSA) is 101 Å². The number of amides is 2. The fraction of sp³-hybridized carbons (Fsp3) is 0.333. The molecule has 1 aromatic rings. The van der Waals surface area contributed by atoms with Crippen molar-refractivity contribution in [1.82, 2.24) is 10.0 Å². The molecule has 10 heteroatoms. The number of alkyl halides is 3. The molecular weight excluding hydrogens is 323 g/mol. The molecule has 0 spiro atoms. The molecule has 0 saturated carbocycles. The zero-order chi connectivity index (χ0) is 16.8. The van der Waals surface area contributed by atoms with Gasteiger partial charge in [0.2, 0.25) is 5.91 Å². The molecule has 0 aromatic heterocycles. The van der Waals surface area contributed by atoms with Crippen LogP contribution in [0.5, 0.6) is 0 Å². The van der Waals surface area contributed by atoms with E-state index in [-0.39, 0.29) is 18.8 Å². The lowest BCUT2D eigenvalue weighted by Gasteiger charge is -2.08. The summed E-state index contributed by atoms with van der Waals surface area (Å²) in [5.41, 5.74) is 6.13. The molecule has 122 valence electrons. The maximum atomic E-state index is 12.0. The second-order valence-electron chi connectivity index (χ2n) is 4.22. The summed E-state index contributed by atoms with van der Waals surface area (Å²) in [5, 5.41) is 1.74. The Bertz CT molecular complexity index is 561. The zero-order valence-corrected chi connectivity index (χ0v) is 12.1. The Morgan fingerprint density at radius 1 is 1.14 bits per heavy atom. The van der Waals surface area contributed by atoms with Crippen LogP contribution in [0.1, 0.15) is 11.1 Å². The van der Waals surface area contributed by atoms with Gasteiger partial charge in [0.05, 0.1) is 12.3 Å². The van der Waals surface area contributed by atoms with Crippen molar-refractivity contribution in [2.75, 3.05) is 6.54 Å². The van der Waals surface area contributed by atoms with Crippen molar-refractivity contribution in [1.29, 1.82) is 0 Å². The lowest BCUT2D eigenvalue weighted by atomic mass is 10.1. The van der Waals surface area contributed by atoms with Crippen LogP contribution in [0.3, 0.4) is 0 Å². The Morgan fingerprint density at radius 3 is 2.18 bits per heavy atom. The van der Waals surface area contributed by atoms with Gasteiger partial charge in [-0.2, -0.15) is 13.2 Å². The molecule has 0 bridgehead atoms. The van der Waals surface area contributed by atoms with Crippen LogP contribution in [-0.2, 0) is 32.9 Å². The average molecular weight is 337 g/mol. The van der Waals surface area contributed by atoms with Gasteiger partial charge in [0.1, 0.15) is 11.0 Å². The molecule has 0 radical (unpaired) electrons. The molecule has 4 N–H and O–H groups in total. The molecule has 1 atom stereocenters. The Balaban J connectivity index is 2.51. The van der Waals surface area contributed by atoms with Crippen LogP contribution in [0.2, 0.25) is 0 Å². The molecule has 22 heavy (non-hydrogen) atoms. The third-order valence-corrected chi connectivity index (χ3v) is 3.50. The summed E-state index contributed by atoms with van der Waals surface area (Å²) in [7, 11) is -1.63. The maximum absolute atomic E-state index is 12.0. The Kier molecular flexibility index (Phi) is 6.50. The highest BCUT2D eigenvalue weighted by atomic mass is 32.2. The molecule has 2 amide bonds. The van der Waals surface area contributed by atoms with Crippen LogP contribution in [-0.4, -0.2) is 28.7 Å². The largest absolute Gasteiger partial charge is 0.471 e. The van der Waals surface area contributed by atoms with Crippen molar-refractivity contribution < 1.29 is 27.0 Å². The van der Waals surface area contributed by atoms with Gasteiger partial charge in [-0.25, -0.2) is 4.21 Å². The summed E-state index contributed by atoms with van der Waals surface area (Å²) < 4.78 is 49.7. The summed E-state index contributed by atoms with van der Waals surface area (Å²) in [6, 6.07) is 6.07. The lowest BCUT2D eigenvalue weighted by molar-refractivity contribution is -0.173. The van der Waals surface area contributed by atoms with Crippen LogP contribution in [0, 0.1) is 0 Å². The molecule has 0 aliphatic rings. The predicted molar refractivity (Wildman–Crippen MR) is 73.4 cm³/mol. The van der Waals surface area contributed by atoms with Gasteiger partial charge in [0.25, 0.3) is 0 Å². The normalized spacial score (nSPS) is 12.5. The van der Waals surface area contributed by atoms with Crippen molar-refractivity contribution in [3.63, 3.8) is 0 Å². The summed E-state index contributed by atoms with van der Waals surface area (Å²) in [6.45, 7) is -0.546. The van der Waals surface area contributed by atoms with E-state index in [1.807, 2.05) is 0 Å². The molecule has 1 unspecified atom stereocenters. The quantitative estimate of drug-likeness (QED) is 0.685. The zero-order valence-electron chi connectivity index (χ0n) is 11.3. The Hall–Kier alpha value is -1.94. The van der Waals surface area contributed by atoms with Crippen LogP contribution < -0.4 is 15.8 Å². The third-order valence-electron chi connectivity index (χ3n) is 2.44. The van der Waals surface area contributed by atoms with Crippen molar-refractivity contribution in [3.05, 3.63) is 35.4 Å². The summed E-state index contributed by atoms with van der Waals surface area (Å²) in [4.78, 5) is 21.6. The van der Waals surface area contributed by atoms with Gasteiger partial charge in [-0.15, -0.1) is 0 Å². The highest BCUT2D eigenvalue weighted by molar-refractivity contribution is 7.82. The van der Waals surface area contributed by atoms with Crippen LogP contribution in [0.15, 0.2) is 24.3 Å². The highest BCUT2D eigenvalue weighted by Crippen LogP contribution is 2.14. The van der Waals surface area contributed by atoms with Gasteiger partial charge >= 0.3 is 12.1 Å². The van der Waals surface area contributed by atoms with Crippen LogP contribution >= 0.6 is 0 Å². The molecule has 0 fully saturated rings. The number of nitrogens with one attached hydrogen (secondary N) is 2. The summed E-state index contributed by atoms with van der Waals surface area (Å²) in [5.74, 6) is -2.52. The van der Waals surface area contributed by atoms with E-state index in [4.69, 9.17) is 5.73 Å². The molecule has 0 aliphatic carbocycles. The standard InChI is InChI=1S/C12H14F3N3O3S/c13-12(14,15)11(20)17-6-8-1-3-9(4-2-8)7-22(21)18-10(19)5-16/h1-4H,5-7,16H2,(H,17,20)(H,18,19). The van der Waals surface area contributed by atoms with E-state index in [0.29, 0.717) is 11.1 Å². The van der Waals surface area contributed by atoms with Gasteiger partial charge in [0.15, 0.2) is 0 Å². The second-order valence-corrected chi connectivity index (χ2v) is 5.40. The van der Waals surface area contributed by atoms with Gasteiger partial charge in [-0.05, 0) is 11.1 Å². The van der Waals surface area contributed by atoms with E-state index in [9.17, 15) is 27.0 Å². The molecule has 1 rings (SSSR count). The number of rotatable bonds is 6. The number of carbonyl (C=O) groups excluding carboxylic acids is 2. The van der Waals surface area contributed by atoms with E-state index >= 15 is 0 Å². The van der Waals surface area contributed by atoms with E-state index < -0.39 is 29.0 Å². The van der Waals surface area contributed by atoms with Crippen molar-refractivity contribution in [2.24, 2.45) is 5.73 Å². The second kappa shape index (κ2) is 7.90. The molecule has 6 nitrogen and oxygen atoms in total. The van der Waals surface area contributed by atoms with Crippen LogP contribution in [0.4, 0.5) is 13.2 Å². The summed E-state index contributed by atoms with van der Waals surface area (Å²) in [6.07, 6.45) is -4.92. The number of nitrogens with two attached hydrogens (primary N) is 1. The molecular formula is C12H14F3N3O3S. The Labute approximate surface area is 126 Å². The van der Waals surface area contributed by atoms with E-state index in [0.717, 1.165) is 0 Å². The monoisotopic (exact) mass is 337 g/mol. The molecule has 0 saturated heterocycles. The van der Waals surface area contributed by atoms with Crippen molar-refractivity contribution in [3.8, 4) is 0 Å². The molecule has 1 aromatic carbocycles. The van der Waals surface area contributed by atoms with E-state index in [1.54, 1.807) is 17.4 Å². The lowest BCUT2D eigenvalue weighted by Crippen LogP contribution is -2.36. The predicted octanol–water partition coefficient (Wildman–Crippen LogP) is 0.104. The first-order chi connectivity index (χ1) is 10.2. The fourth-order valence-corrected chi connectivity index (χ4v) is 2.30. The first-order valence-electron chi connectivity index (χ1n) is 6.03. The molecule has 0 heterocycles. The Morgan fingerprint density at radius 2 is 1.68 bits per heavy atom. The highest BCUT2D eigenvalue weighted by Gasteiger charge is 2.38. The van der Waals surface area contributed by atoms with E-state index in [2.05, 4.69) is 4.72 Å². The third kappa shape index (κ3) is 6.22.